The molecule has 0 bridgehead atoms. The Hall–Kier alpha value is -2.43. The van der Waals surface area contributed by atoms with E-state index in [9.17, 15) is 26.0 Å². The molecule has 6 nitrogen and oxygen atoms in total. The molecule has 2 aromatic heterocycles. The lowest BCUT2D eigenvalue weighted by atomic mass is 10.2. The van der Waals surface area contributed by atoms with Crippen molar-refractivity contribution >= 4 is 26.8 Å². The Morgan fingerprint density at radius 3 is 2.61 bits per heavy atom. The molecule has 0 aliphatic carbocycles. The first kappa shape index (κ1) is 15.5. The molecule has 0 spiro atoms. The van der Waals surface area contributed by atoms with Gasteiger partial charge in [-0.25, -0.2) is 14.4 Å². The molecule has 0 radical (unpaired) electrons. The molecule has 2 heterocycles. The van der Waals surface area contributed by atoms with E-state index in [-0.39, 0.29) is 16.7 Å². The predicted molar refractivity (Wildman–Crippen MR) is 70.8 cm³/mol. The van der Waals surface area contributed by atoms with Crippen LogP contribution in [0.5, 0.6) is 5.88 Å². The van der Waals surface area contributed by atoms with Crippen molar-refractivity contribution in [1.29, 1.82) is 0 Å². The molecule has 0 unspecified atom stereocenters. The Morgan fingerprint density at radius 1 is 1.26 bits per heavy atom. The Labute approximate surface area is 126 Å². The SMILES string of the molecule is Cc1cc(F)c2nc(OS(=O)(=O)C(F)(F)F)c3nccn3c2c1. The van der Waals surface area contributed by atoms with Crippen LogP contribution >= 0.6 is 0 Å². The average Bonchev–Trinajstić information content (AvgIpc) is 2.88. The van der Waals surface area contributed by atoms with Gasteiger partial charge in [-0.1, -0.05) is 0 Å². The zero-order chi connectivity index (χ0) is 17.0. The van der Waals surface area contributed by atoms with E-state index < -0.39 is 27.3 Å². The van der Waals surface area contributed by atoms with Gasteiger partial charge in [0.2, 0.25) is 5.65 Å². The van der Waals surface area contributed by atoms with Crippen molar-refractivity contribution in [2.24, 2.45) is 0 Å². The number of aryl methyl sites for hydroxylation is 1. The van der Waals surface area contributed by atoms with Crippen molar-refractivity contribution in [3.8, 4) is 5.88 Å². The third kappa shape index (κ3) is 2.46. The Morgan fingerprint density at radius 2 is 1.96 bits per heavy atom. The van der Waals surface area contributed by atoms with Gasteiger partial charge in [0.1, 0.15) is 5.52 Å². The summed E-state index contributed by atoms with van der Waals surface area (Å²) in [5.74, 6) is -1.78. The van der Waals surface area contributed by atoms with E-state index in [0.29, 0.717) is 5.56 Å². The van der Waals surface area contributed by atoms with E-state index in [2.05, 4.69) is 14.2 Å². The number of halogens is 4. The summed E-state index contributed by atoms with van der Waals surface area (Å²) in [6, 6.07) is 2.64. The highest BCUT2D eigenvalue weighted by Crippen LogP contribution is 2.30. The quantitative estimate of drug-likeness (QED) is 0.404. The number of hydrogen-bond acceptors (Lipinski definition) is 5. The second-order valence-corrected chi connectivity index (χ2v) is 6.17. The first-order chi connectivity index (χ1) is 10.6. The molecule has 0 N–H and O–H groups in total. The van der Waals surface area contributed by atoms with Gasteiger partial charge in [-0.3, -0.25) is 4.40 Å². The number of fused-ring (bicyclic) bond motifs is 3. The van der Waals surface area contributed by atoms with Crippen LogP contribution < -0.4 is 4.18 Å². The minimum absolute atomic E-state index is 0.215. The molecule has 0 atom stereocenters. The summed E-state index contributed by atoms with van der Waals surface area (Å²) in [4.78, 5) is 7.27. The van der Waals surface area contributed by atoms with Crippen molar-refractivity contribution in [3.63, 3.8) is 0 Å². The van der Waals surface area contributed by atoms with Gasteiger partial charge < -0.3 is 4.18 Å². The molecule has 1 aromatic carbocycles. The van der Waals surface area contributed by atoms with Gasteiger partial charge in [-0.05, 0) is 24.6 Å². The van der Waals surface area contributed by atoms with E-state index >= 15 is 0 Å². The van der Waals surface area contributed by atoms with Gasteiger partial charge in [0, 0.05) is 12.4 Å². The summed E-state index contributed by atoms with van der Waals surface area (Å²) in [6.45, 7) is 1.61. The minimum Gasteiger partial charge on any atom is -0.351 e. The second-order valence-electron chi connectivity index (χ2n) is 4.64. The highest BCUT2D eigenvalue weighted by atomic mass is 32.2. The van der Waals surface area contributed by atoms with Crippen LogP contribution in [0.4, 0.5) is 17.6 Å². The number of aromatic nitrogens is 3. The summed E-state index contributed by atoms with van der Waals surface area (Å²) in [6.07, 6.45) is 2.52. The van der Waals surface area contributed by atoms with E-state index in [0.717, 1.165) is 6.07 Å². The molecule has 23 heavy (non-hydrogen) atoms. The van der Waals surface area contributed by atoms with Crippen LogP contribution in [0.3, 0.4) is 0 Å². The molecule has 0 fully saturated rings. The predicted octanol–water partition coefficient (Wildman–Crippen LogP) is 2.56. The molecule has 3 rings (SSSR count). The Balaban J connectivity index is 2.31. The largest absolute Gasteiger partial charge is 0.534 e. The maximum Gasteiger partial charge on any atom is 0.534 e. The monoisotopic (exact) mass is 349 g/mol. The molecule has 0 aliphatic heterocycles. The molecule has 0 saturated heterocycles. The van der Waals surface area contributed by atoms with Crippen LogP contribution in [0, 0.1) is 12.7 Å². The van der Waals surface area contributed by atoms with Crippen molar-refractivity contribution in [3.05, 3.63) is 35.9 Å². The lowest BCUT2D eigenvalue weighted by molar-refractivity contribution is -0.0500. The third-order valence-electron chi connectivity index (χ3n) is 2.96. The van der Waals surface area contributed by atoms with Crippen LogP contribution in [0.25, 0.3) is 16.7 Å². The molecular weight excluding hydrogens is 342 g/mol. The smallest absolute Gasteiger partial charge is 0.351 e. The Bertz CT molecular complexity index is 1030. The Kier molecular flexibility index (Phi) is 3.21. The van der Waals surface area contributed by atoms with Gasteiger partial charge in [0.05, 0.1) is 5.52 Å². The van der Waals surface area contributed by atoms with E-state index in [1.807, 2.05) is 0 Å². The standard InChI is InChI=1S/C12H7F4N3O3S/c1-6-4-7(13)9-8(5-6)19-3-2-17-10(19)11(18-9)22-23(20,21)12(14,15)16/h2-5H,1H3. The van der Waals surface area contributed by atoms with E-state index in [1.54, 1.807) is 6.92 Å². The van der Waals surface area contributed by atoms with Crippen molar-refractivity contribution in [2.45, 2.75) is 12.4 Å². The number of benzene rings is 1. The number of nitrogens with zero attached hydrogens (tertiary/aromatic N) is 3. The summed E-state index contributed by atoms with van der Waals surface area (Å²) in [5, 5.41) is 0. The van der Waals surface area contributed by atoms with E-state index in [1.165, 1.54) is 22.9 Å². The van der Waals surface area contributed by atoms with E-state index in [4.69, 9.17) is 0 Å². The molecule has 122 valence electrons. The fourth-order valence-electron chi connectivity index (χ4n) is 2.03. The van der Waals surface area contributed by atoms with Crippen molar-refractivity contribution < 1.29 is 30.2 Å². The van der Waals surface area contributed by atoms with Crippen LogP contribution in [0.2, 0.25) is 0 Å². The van der Waals surface area contributed by atoms with Crippen molar-refractivity contribution in [1.82, 2.24) is 14.4 Å². The maximum atomic E-state index is 14.0. The lowest BCUT2D eigenvalue weighted by Gasteiger charge is -2.11. The lowest BCUT2D eigenvalue weighted by Crippen LogP contribution is -2.28. The molecular formula is C12H7F4N3O3S. The zero-order valence-corrected chi connectivity index (χ0v) is 12.1. The fourth-order valence-corrected chi connectivity index (χ4v) is 2.44. The van der Waals surface area contributed by atoms with Gasteiger partial charge in [0.15, 0.2) is 5.82 Å². The molecule has 0 aliphatic rings. The first-order valence-corrected chi connectivity index (χ1v) is 7.44. The van der Waals surface area contributed by atoms with Crippen molar-refractivity contribution in [2.75, 3.05) is 0 Å². The molecule has 11 heteroatoms. The number of rotatable bonds is 2. The van der Waals surface area contributed by atoms with Crippen LogP contribution in [-0.4, -0.2) is 28.3 Å². The molecule has 3 aromatic rings. The summed E-state index contributed by atoms with van der Waals surface area (Å²) < 4.78 is 78.9. The minimum atomic E-state index is -5.95. The van der Waals surface area contributed by atoms with Gasteiger partial charge in [-0.2, -0.15) is 21.6 Å². The van der Waals surface area contributed by atoms with Crippen LogP contribution in [0.15, 0.2) is 24.5 Å². The highest BCUT2D eigenvalue weighted by molar-refractivity contribution is 7.88. The summed E-state index contributed by atoms with van der Waals surface area (Å²) >= 11 is 0. The average molecular weight is 349 g/mol. The van der Waals surface area contributed by atoms with Crippen LogP contribution in [-0.2, 0) is 10.1 Å². The van der Waals surface area contributed by atoms with Gasteiger partial charge in [-0.15, -0.1) is 0 Å². The zero-order valence-electron chi connectivity index (χ0n) is 11.3. The summed E-state index contributed by atoms with van der Waals surface area (Å²) in [5.41, 5.74) is -5.50. The molecule has 0 saturated carbocycles. The normalized spacial score (nSPS) is 12.9. The van der Waals surface area contributed by atoms with Gasteiger partial charge >= 0.3 is 15.6 Å². The number of imidazole rings is 1. The fraction of sp³-hybridized carbons (Fsp3) is 0.167. The number of hydrogen-bond donors (Lipinski definition) is 0. The molecule has 0 amide bonds. The maximum absolute atomic E-state index is 14.0. The van der Waals surface area contributed by atoms with Crippen LogP contribution in [0.1, 0.15) is 5.56 Å². The third-order valence-corrected chi connectivity index (χ3v) is 3.91. The first-order valence-electron chi connectivity index (χ1n) is 6.04. The topological polar surface area (TPSA) is 73.6 Å². The number of alkyl halides is 3. The summed E-state index contributed by atoms with van der Waals surface area (Å²) in [7, 11) is -5.95. The highest BCUT2D eigenvalue weighted by Gasteiger charge is 2.49. The van der Waals surface area contributed by atoms with Gasteiger partial charge in [0.25, 0.3) is 5.88 Å². The second kappa shape index (κ2) is 4.78.